The Hall–Kier alpha value is -3.07. The molecule has 0 spiro atoms. The van der Waals surface area contributed by atoms with E-state index >= 15 is 0 Å². The summed E-state index contributed by atoms with van der Waals surface area (Å²) in [4.78, 5) is 47.9. The molecule has 2 atom stereocenters. The number of aryl methyl sites for hydroxylation is 1. The highest BCUT2D eigenvalue weighted by Gasteiger charge is 2.47. The summed E-state index contributed by atoms with van der Waals surface area (Å²) in [5.41, 5.74) is 2.06. The van der Waals surface area contributed by atoms with E-state index in [1.54, 1.807) is 0 Å². The minimum Gasteiger partial charge on any atom is -0.340 e. The number of carbonyl (C=O) groups is 3. The van der Waals surface area contributed by atoms with Crippen molar-refractivity contribution in [2.24, 2.45) is 11.8 Å². The molecular formula is C25H31N5O4. The van der Waals surface area contributed by atoms with E-state index in [1.807, 2.05) is 36.1 Å². The number of benzene rings is 1. The zero-order valence-electron chi connectivity index (χ0n) is 19.6. The maximum absolute atomic E-state index is 12.8. The monoisotopic (exact) mass is 465 g/mol. The van der Waals surface area contributed by atoms with Gasteiger partial charge < -0.3 is 9.42 Å². The van der Waals surface area contributed by atoms with Gasteiger partial charge in [0.05, 0.1) is 18.4 Å². The van der Waals surface area contributed by atoms with Crippen LogP contribution in [0.3, 0.4) is 0 Å². The molecule has 1 aromatic carbocycles. The van der Waals surface area contributed by atoms with Crippen LogP contribution in [0.4, 0.5) is 0 Å². The Kier molecular flexibility index (Phi) is 6.45. The average molecular weight is 466 g/mol. The first-order valence-electron chi connectivity index (χ1n) is 12.2. The van der Waals surface area contributed by atoms with Crippen molar-refractivity contribution in [3.63, 3.8) is 0 Å². The van der Waals surface area contributed by atoms with Crippen molar-refractivity contribution >= 4 is 17.7 Å². The second-order valence-electron chi connectivity index (χ2n) is 9.56. The summed E-state index contributed by atoms with van der Waals surface area (Å²) in [6.07, 6.45) is 3.81. The van der Waals surface area contributed by atoms with Crippen molar-refractivity contribution in [2.45, 2.75) is 45.6 Å². The first-order chi connectivity index (χ1) is 16.5. The number of rotatable bonds is 6. The predicted molar refractivity (Wildman–Crippen MR) is 123 cm³/mol. The van der Waals surface area contributed by atoms with Gasteiger partial charge in [-0.2, -0.15) is 4.98 Å². The molecule has 180 valence electrons. The number of hydrogen-bond acceptors (Lipinski definition) is 7. The molecular weight excluding hydrogens is 434 g/mol. The van der Waals surface area contributed by atoms with Crippen LogP contribution >= 0.6 is 0 Å². The molecule has 3 fully saturated rings. The van der Waals surface area contributed by atoms with Gasteiger partial charge in [0.25, 0.3) is 0 Å². The summed E-state index contributed by atoms with van der Waals surface area (Å²) >= 11 is 0. The van der Waals surface area contributed by atoms with E-state index in [0.29, 0.717) is 44.4 Å². The molecule has 0 radical (unpaired) electrons. The maximum atomic E-state index is 12.8. The predicted octanol–water partition coefficient (Wildman–Crippen LogP) is 2.25. The number of fused-ring (bicyclic) bond motifs is 1. The van der Waals surface area contributed by atoms with Crippen molar-refractivity contribution in [2.75, 3.05) is 32.7 Å². The number of amides is 3. The van der Waals surface area contributed by atoms with E-state index in [4.69, 9.17) is 4.52 Å². The van der Waals surface area contributed by atoms with Gasteiger partial charge in [0.1, 0.15) is 0 Å². The molecule has 9 heteroatoms. The van der Waals surface area contributed by atoms with Gasteiger partial charge in [0, 0.05) is 44.7 Å². The zero-order valence-corrected chi connectivity index (χ0v) is 19.6. The van der Waals surface area contributed by atoms with E-state index in [9.17, 15) is 14.4 Å². The average Bonchev–Trinajstić information content (AvgIpc) is 3.41. The van der Waals surface area contributed by atoms with E-state index in [0.717, 1.165) is 36.8 Å². The number of aromatic nitrogens is 2. The maximum Gasteiger partial charge on any atom is 0.241 e. The lowest BCUT2D eigenvalue weighted by molar-refractivity contribution is -0.141. The lowest BCUT2D eigenvalue weighted by Gasteiger charge is -2.34. The number of hydrogen-bond donors (Lipinski definition) is 0. The van der Waals surface area contributed by atoms with Crippen molar-refractivity contribution in [3.05, 3.63) is 35.7 Å². The van der Waals surface area contributed by atoms with Crippen LogP contribution in [0, 0.1) is 18.8 Å². The molecule has 1 aromatic heterocycles. The molecule has 1 saturated carbocycles. The number of imide groups is 1. The summed E-state index contributed by atoms with van der Waals surface area (Å²) in [6.45, 7) is 5.38. The van der Waals surface area contributed by atoms with Gasteiger partial charge in [-0.25, -0.2) is 0 Å². The molecule has 2 aliphatic heterocycles. The molecule has 2 saturated heterocycles. The molecule has 2 unspecified atom stereocenters. The van der Waals surface area contributed by atoms with Crippen molar-refractivity contribution in [1.29, 1.82) is 0 Å². The van der Waals surface area contributed by atoms with Gasteiger partial charge in [-0.15, -0.1) is 0 Å². The van der Waals surface area contributed by atoms with Crippen molar-refractivity contribution < 1.29 is 18.9 Å². The molecule has 3 aliphatic rings. The summed E-state index contributed by atoms with van der Waals surface area (Å²) in [5, 5.41) is 4.12. The Labute approximate surface area is 199 Å². The molecule has 34 heavy (non-hydrogen) atoms. The molecule has 5 rings (SSSR count). The molecule has 0 bridgehead atoms. The fourth-order valence-corrected chi connectivity index (χ4v) is 5.42. The molecule has 3 heterocycles. The van der Waals surface area contributed by atoms with Crippen LogP contribution in [0.25, 0.3) is 11.4 Å². The van der Waals surface area contributed by atoms with Gasteiger partial charge in [0.2, 0.25) is 29.4 Å². The number of likely N-dealkylation sites (tertiary alicyclic amines) is 1. The van der Waals surface area contributed by atoms with Crippen LogP contribution in [-0.4, -0.2) is 75.3 Å². The molecule has 1 aliphatic carbocycles. The lowest BCUT2D eigenvalue weighted by Crippen LogP contribution is -2.49. The third-order valence-electron chi connectivity index (χ3n) is 7.42. The molecule has 0 N–H and O–H groups in total. The van der Waals surface area contributed by atoms with E-state index in [-0.39, 0.29) is 42.5 Å². The Morgan fingerprint density at radius 2 is 1.71 bits per heavy atom. The third kappa shape index (κ3) is 4.49. The summed E-state index contributed by atoms with van der Waals surface area (Å²) in [5.74, 6) is 0.689. The Balaban J connectivity index is 1.09. The highest BCUT2D eigenvalue weighted by Crippen LogP contribution is 2.38. The van der Waals surface area contributed by atoms with Gasteiger partial charge in [0.15, 0.2) is 0 Å². The largest absolute Gasteiger partial charge is 0.340 e. The fourth-order valence-electron chi connectivity index (χ4n) is 5.42. The van der Waals surface area contributed by atoms with Gasteiger partial charge in [-0.3, -0.25) is 24.2 Å². The first-order valence-corrected chi connectivity index (χ1v) is 12.2. The summed E-state index contributed by atoms with van der Waals surface area (Å²) in [7, 11) is 0. The lowest BCUT2D eigenvalue weighted by atomic mass is 9.81. The standard InChI is InChI=1S/C25H31N5O4/c1-17-6-2-3-7-18(17)23-26-21(34-27-23)16-28-12-14-29(15-13-28)22(31)10-11-30-24(32)19-8-4-5-9-20(19)25(30)33/h2-3,6-7,19-20H,4-5,8-16H2,1H3. The minimum absolute atomic E-state index is 0.00486. The topological polar surface area (TPSA) is 99.9 Å². The van der Waals surface area contributed by atoms with Crippen LogP contribution in [0.5, 0.6) is 0 Å². The van der Waals surface area contributed by atoms with Gasteiger partial charge in [-0.1, -0.05) is 42.3 Å². The van der Waals surface area contributed by atoms with E-state index < -0.39 is 0 Å². The van der Waals surface area contributed by atoms with E-state index in [2.05, 4.69) is 15.0 Å². The fraction of sp³-hybridized carbons (Fsp3) is 0.560. The van der Waals surface area contributed by atoms with Gasteiger partial charge >= 0.3 is 0 Å². The van der Waals surface area contributed by atoms with Crippen LogP contribution < -0.4 is 0 Å². The number of carbonyl (C=O) groups excluding carboxylic acids is 3. The quantitative estimate of drug-likeness (QED) is 0.603. The number of nitrogens with zero attached hydrogens (tertiary/aromatic N) is 5. The van der Waals surface area contributed by atoms with E-state index in [1.165, 1.54) is 4.90 Å². The van der Waals surface area contributed by atoms with Crippen LogP contribution in [0.1, 0.15) is 43.6 Å². The molecule has 2 aromatic rings. The third-order valence-corrected chi connectivity index (χ3v) is 7.42. The van der Waals surface area contributed by atoms with Crippen molar-refractivity contribution in [3.8, 4) is 11.4 Å². The SMILES string of the molecule is Cc1ccccc1-c1noc(CN2CCN(C(=O)CCN3C(=O)C4CCCCC4C3=O)CC2)n1. The zero-order chi connectivity index (χ0) is 23.7. The Morgan fingerprint density at radius 1 is 1.03 bits per heavy atom. The number of piperazine rings is 1. The smallest absolute Gasteiger partial charge is 0.241 e. The van der Waals surface area contributed by atoms with Crippen LogP contribution in [-0.2, 0) is 20.9 Å². The highest BCUT2D eigenvalue weighted by atomic mass is 16.5. The van der Waals surface area contributed by atoms with Crippen molar-refractivity contribution in [1.82, 2.24) is 24.8 Å². The van der Waals surface area contributed by atoms with Gasteiger partial charge in [-0.05, 0) is 25.3 Å². The summed E-state index contributed by atoms with van der Waals surface area (Å²) < 4.78 is 5.45. The molecule has 9 nitrogen and oxygen atoms in total. The second-order valence-corrected chi connectivity index (χ2v) is 9.56. The summed E-state index contributed by atoms with van der Waals surface area (Å²) in [6, 6.07) is 7.93. The Bertz CT molecular complexity index is 1050. The Morgan fingerprint density at radius 3 is 2.38 bits per heavy atom. The minimum atomic E-state index is -0.157. The highest BCUT2D eigenvalue weighted by molar-refractivity contribution is 6.05. The first kappa shape index (κ1) is 22.7. The van der Waals surface area contributed by atoms with Crippen LogP contribution in [0.15, 0.2) is 28.8 Å². The normalized spacial score (nSPS) is 23.4. The second kappa shape index (κ2) is 9.66. The van der Waals surface area contributed by atoms with Crippen LogP contribution in [0.2, 0.25) is 0 Å². The molecule has 3 amide bonds.